The van der Waals surface area contributed by atoms with Gasteiger partial charge < -0.3 is 14.4 Å². The molecule has 0 radical (unpaired) electrons. The van der Waals surface area contributed by atoms with Gasteiger partial charge in [0.1, 0.15) is 13.2 Å². The zero-order valence-corrected chi connectivity index (χ0v) is 12.8. The van der Waals surface area contributed by atoms with E-state index in [9.17, 15) is 4.79 Å². The van der Waals surface area contributed by atoms with Crippen molar-refractivity contribution in [2.75, 3.05) is 20.3 Å². The molecular weight excluding hydrogens is 292 g/mol. The van der Waals surface area contributed by atoms with Crippen LogP contribution < -0.4 is 9.47 Å². The van der Waals surface area contributed by atoms with E-state index in [0.717, 1.165) is 5.56 Å². The SMILES string of the molecule is CN(Cc1ccc(C#N)cc1)C(=O)c1ccc2c(c1)OCCO2. The van der Waals surface area contributed by atoms with Crippen molar-refractivity contribution in [3.8, 4) is 17.6 Å². The largest absolute Gasteiger partial charge is 0.486 e. The van der Waals surface area contributed by atoms with E-state index in [2.05, 4.69) is 6.07 Å². The van der Waals surface area contributed by atoms with Crippen LogP contribution in [0, 0.1) is 11.3 Å². The van der Waals surface area contributed by atoms with Gasteiger partial charge in [0.15, 0.2) is 11.5 Å². The molecule has 0 spiro atoms. The molecule has 5 nitrogen and oxygen atoms in total. The molecule has 5 heteroatoms. The molecule has 2 aromatic rings. The van der Waals surface area contributed by atoms with E-state index in [1.165, 1.54) is 0 Å². The molecule has 0 aliphatic carbocycles. The highest BCUT2D eigenvalue weighted by Crippen LogP contribution is 2.31. The molecule has 0 saturated carbocycles. The van der Waals surface area contributed by atoms with E-state index in [4.69, 9.17) is 14.7 Å². The molecule has 1 aliphatic rings. The summed E-state index contributed by atoms with van der Waals surface area (Å²) in [6.07, 6.45) is 0. The topological polar surface area (TPSA) is 62.6 Å². The summed E-state index contributed by atoms with van der Waals surface area (Å²) in [5, 5.41) is 8.81. The summed E-state index contributed by atoms with van der Waals surface area (Å²) in [5.41, 5.74) is 2.14. The van der Waals surface area contributed by atoms with Gasteiger partial charge in [-0.25, -0.2) is 0 Å². The normalized spacial score (nSPS) is 12.3. The van der Waals surface area contributed by atoms with Crippen LogP contribution >= 0.6 is 0 Å². The molecule has 1 aliphatic heterocycles. The first-order valence-corrected chi connectivity index (χ1v) is 7.31. The van der Waals surface area contributed by atoms with Gasteiger partial charge in [0, 0.05) is 19.2 Å². The number of fused-ring (bicyclic) bond motifs is 1. The first-order chi connectivity index (χ1) is 11.2. The first kappa shape index (κ1) is 14.9. The Bertz CT molecular complexity index is 763. The second-order valence-corrected chi connectivity index (χ2v) is 5.33. The number of rotatable bonds is 3. The predicted molar refractivity (Wildman–Crippen MR) is 84.4 cm³/mol. The number of benzene rings is 2. The molecule has 1 amide bonds. The van der Waals surface area contributed by atoms with Crippen molar-refractivity contribution in [3.63, 3.8) is 0 Å². The van der Waals surface area contributed by atoms with Gasteiger partial charge in [0.2, 0.25) is 0 Å². The lowest BCUT2D eigenvalue weighted by atomic mass is 10.1. The lowest BCUT2D eigenvalue weighted by molar-refractivity contribution is 0.0784. The molecule has 0 fully saturated rings. The molecule has 3 rings (SSSR count). The molecule has 2 aromatic carbocycles. The van der Waals surface area contributed by atoms with Crippen LogP contribution in [0.15, 0.2) is 42.5 Å². The summed E-state index contributed by atoms with van der Waals surface area (Å²) < 4.78 is 11.0. The van der Waals surface area contributed by atoms with Gasteiger partial charge in [-0.05, 0) is 35.9 Å². The fraction of sp³-hybridized carbons (Fsp3) is 0.222. The predicted octanol–water partition coefficient (Wildman–Crippen LogP) is 2.60. The fourth-order valence-corrected chi connectivity index (χ4v) is 2.43. The van der Waals surface area contributed by atoms with Crippen LogP contribution in [-0.4, -0.2) is 31.1 Å². The van der Waals surface area contributed by atoms with Crippen LogP contribution in [0.5, 0.6) is 11.5 Å². The first-order valence-electron chi connectivity index (χ1n) is 7.31. The van der Waals surface area contributed by atoms with E-state index in [-0.39, 0.29) is 5.91 Å². The Kier molecular flexibility index (Phi) is 4.15. The number of amides is 1. The van der Waals surface area contributed by atoms with Crippen molar-refractivity contribution in [3.05, 3.63) is 59.2 Å². The van der Waals surface area contributed by atoms with Crippen LogP contribution in [-0.2, 0) is 6.54 Å². The zero-order valence-electron chi connectivity index (χ0n) is 12.8. The molecular formula is C18H16N2O3. The molecule has 0 atom stereocenters. The minimum atomic E-state index is -0.0914. The molecule has 0 unspecified atom stereocenters. The summed E-state index contributed by atoms with van der Waals surface area (Å²) in [7, 11) is 1.75. The molecule has 0 bridgehead atoms. The minimum absolute atomic E-state index is 0.0914. The highest BCUT2D eigenvalue weighted by Gasteiger charge is 2.17. The van der Waals surface area contributed by atoms with Crippen molar-refractivity contribution in [2.24, 2.45) is 0 Å². The summed E-state index contributed by atoms with van der Waals surface area (Å²) in [6.45, 7) is 1.49. The van der Waals surface area contributed by atoms with Crippen LogP contribution in [0.4, 0.5) is 0 Å². The fourth-order valence-electron chi connectivity index (χ4n) is 2.43. The average molecular weight is 308 g/mol. The highest BCUT2D eigenvalue weighted by molar-refractivity contribution is 5.94. The maximum absolute atomic E-state index is 12.5. The second kappa shape index (κ2) is 6.41. The van der Waals surface area contributed by atoms with Crippen molar-refractivity contribution in [1.29, 1.82) is 5.26 Å². The second-order valence-electron chi connectivity index (χ2n) is 5.33. The Morgan fingerprint density at radius 1 is 1.13 bits per heavy atom. The maximum atomic E-state index is 12.5. The molecule has 23 heavy (non-hydrogen) atoms. The summed E-state index contributed by atoms with van der Waals surface area (Å²) in [6, 6.07) is 14.5. The highest BCUT2D eigenvalue weighted by atomic mass is 16.6. The number of nitriles is 1. The number of nitrogens with zero attached hydrogens (tertiary/aromatic N) is 2. The number of hydrogen-bond acceptors (Lipinski definition) is 4. The standard InChI is InChI=1S/C18H16N2O3/c1-20(12-14-4-2-13(11-19)3-5-14)18(21)15-6-7-16-17(10-15)23-9-8-22-16/h2-7,10H,8-9,12H2,1H3. The smallest absolute Gasteiger partial charge is 0.254 e. The van der Waals surface area contributed by atoms with Gasteiger partial charge in [-0.1, -0.05) is 12.1 Å². The zero-order chi connectivity index (χ0) is 16.2. The quantitative estimate of drug-likeness (QED) is 0.874. The van der Waals surface area contributed by atoms with Crippen molar-refractivity contribution >= 4 is 5.91 Å². The van der Waals surface area contributed by atoms with Crippen molar-refractivity contribution < 1.29 is 14.3 Å². The Hall–Kier alpha value is -3.00. The van der Waals surface area contributed by atoms with Crippen molar-refractivity contribution in [1.82, 2.24) is 4.90 Å². The van der Waals surface area contributed by atoms with Gasteiger partial charge in [-0.3, -0.25) is 4.79 Å². The van der Waals surface area contributed by atoms with Crippen LogP contribution in [0.2, 0.25) is 0 Å². The molecule has 0 aromatic heterocycles. The van der Waals surface area contributed by atoms with Crippen molar-refractivity contribution in [2.45, 2.75) is 6.54 Å². The third-order valence-electron chi connectivity index (χ3n) is 3.64. The summed E-state index contributed by atoms with van der Waals surface area (Å²) >= 11 is 0. The number of hydrogen-bond donors (Lipinski definition) is 0. The van der Waals surface area contributed by atoms with E-state index < -0.39 is 0 Å². The number of carbonyl (C=O) groups is 1. The molecule has 116 valence electrons. The minimum Gasteiger partial charge on any atom is -0.486 e. The number of carbonyl (C=O) groups excluding carboxylic acids is 1. The number of ether oxygens (including phenoxy) is 2. The van der Waals surface area contributed by atoms with Crippen LogP contribution in [0.3, 0.4) is 0 Å². The summed E-state index contributed by atoms with van der Waals surface area (Å²) in [5.74, 6) is 1.18. The van der Waals surface area contributed by atoms with Gasteiger partial charge in [0.25, 0.3) is 5.91 Å². The van der Waals surface area contributed by atoms with E-state index in [0.29, 0.717) is 42.4 Å². The van der Waals surface area contributed by atoms with E-state index in [1.54, 1.807) is 42.3 Å². The van der Waals surface area contributed by atoms with Gasteiger partial charge in [-0.2, -0.15) is 5.26 Å². The monoisotopic (exact) mass is 308 g/mol. The Balaban J connectivity index is 1.72. The van der Waals surface area contributed by atoms with E-state index >= 15 is 0 Å². The Morgan fingerprint density at radius 3 is 2.52 bits per heavy atom. The van der Waals surface area contributed by atoms with Gasteiger partial charge in [0.05, 0.1) is 11.6 Å². The molecule has 0 saturated heterocycles. The van der Waals surface area contributed by atoms with Gasteiger partial charge in [-0.15, -0.1) is 0 Å². The third kappa shape index (κ3) is 3.27. The average Bonchev–Trinajstić information content (AvgIpc) is 2.61. The summed E-state index contributed by atoms with van der Waals surface area (Å²) in [4.78, 5) is 14.2. The van der Waals surface area contributed by atoms with Crippen LogP contribution in [0.1, 0.15) is 21.5 Å². The van der Waals surface area contributed by atoms with Crippen LogP contribution in [0.25, 0.3) is 0 Å². The maximum Gasteiger partial charge on any atom is 0.254 e. The lowest BCUT2D eigenvalue weighted by Crippen LogP contribution is -2.26. The molecule has 0 N–H and O–H groups in total. The lowest BCUT2D eigenvalue weighted by Gasteiger charge is -2.21. The van der Waals surface area contributed by atoms with Gasteiger partial charge >= 0.3 is 0 Å². The molecule has 1 heterocycles. The Morgan fingerprint density at radius 2 is 1.83 bits per heavy atom. The Labute approximate surface area is 134 Å². The third-order valence-corrected chi connectivity index (χ3v) is 3.64. The van der Waals surface area contributed by atoms with E-state index in [1.807, 2.05) is 12.1 Å².